The van der Waals surface area contributed by atoms with E-state index in [1.54, 1.807) is 0 Å². The highest BCUT2D eigenvalue weighted by molar-refractivity contribution is 5.41. The molecule has 0 spiro atoms. The van der Waals surface area contributed by atoms with Gasteiger partial charge in [0, 0.05) is 37.1 Å². The SMILES string of the molecule is O=[N+]([O-])c1ccc(F)cc1.[2H]C([2H])(O)C([2H])([2H])O.[2H]C([2H])(O)C([2H])([2H])Oc1ccc([N+](=O)[O-])cc1.[2H]C([2H])(OC)C([2H])([2H])Oc1ccc(N)cc1. The summed E-state index contributed by atoms with van der Waals surface area (Å²) in [5.74, 6) is -0.413. The Balaban J connectivity index is 0.000000682. The van der Waals surface area contributed by atoms with Gasteiger partial charge >= 0.3 is 0 Å². The summed E-state index contributed by atoms with van der Waals surface area (Å²) < 4.78 is 108. The molecule has 3 rings (SSSR count). The molecule has 0 heterocycles. The van der Waals surface area contributed by atoms with E-state index in [0.29, 0.717) is 5.69 Å². The molecule has 0 aliphatic rings. The number of ether oxygens (including phenoxy) is 3. The van der Waals surface area contributed by atoms with E-state index in [9.17, 15) is 24.6 Å². The fourth-order valence-electron chi connectivity index (χ4n) is 1.94. The van der Waals surface area contributed by atoms with Gasteiger partial charge in [0.2, 0.25) is 0 Å². The topological polar surface area (TPSA) is 201 Å². The largest absolute Gasteiger partial charge is 0.491 e. The van der Waals surface area contributed by atoms with Crippen molar-refractivity contribution in [3.63, 3.8) is 0 Å². The molecule has 39 heavy (non-hydrogen) atoms. The molecule has 0 bridgehead atoms. The summed E-state index contributed by atoms with van der Waals surface area (Å²) in [6.45, 7) is -17.6. The predicted octanol–water partition coefficient (Wildman–Crippen LogP) is 2.96. The van der Waals surface area contributed by atoms with Gasteiger partial charge in [-0.05, 0) is 48.5 Å². The Hall–Kier alpha value is -4.37. The second-order valence-electron chi connectivity index (χ2n) is 6.10. The van der Waals surface area contributed by atoms with Crippen LogP contribution in [-0.2, 0) is 4.74 Å². The minimum Gasteiger partial charge on any atom is -0.491 e. The lowest BCUT2D eigenvalue weighted by Crippen LogP contribution is -2.03. The van der Waals surface area contributed by atoms with Crippen molar-refractivity contribution in [3.05, 3.63) is 98.8 Å². The fourth-order valence-corrected chi connectivity index (χ4v) is 1.94. The Morgan fingerprint density at radius 1 is 0.744 bits per heavy atom. The van der Waals surface area contributed by atoms with Crippen LogP contribution in [0.1, 0.15) is 16.4 Å². The lowest BCUT2D eigenvalue weighted by atomic mass is 10.3. The number of anilines is 1. The molecule has 0 atom stereocenters. The van der Waals surface area contributed by atoms with E-state index < -0.39 is 55.0 Å². The second kappa shape index (κ2) is 21.7. The highest BCUT2D eigenvalue weighted by Crippen LogP contribution is 2.17. The molecule has 0 saturated heterocycles. The van der Waals surface area contributed by atoms with Crippen molar-refractivity contribution in [2.24, 2.45) is 0 Å². The van der Waals surface area contributed by atoms with E-state index in [1.165, 1.54) is 24.3 Å². The molecule has 0 aromatic heterocycles. The summed E-state index contributed by atoms with van der Waals surface area (Å²) in [7, 11) is 1.07. The number of nitro groups is 2. The van der Waals surface area contributed by atoms with Gasteiger partial charge < -0.3 is 35.3 Å². The number of nitro benzene ring substituents is 2. The van der Waals surface area contributed by atoms with Crippen molar-refractivity contribution < 1.29 is 60.2 Å². The van der Waals surface area contributed by atoms with E-state index in [4.69, 9.17) is 42.2 Å². The fraction of sp³-hybridized carbons (Fsp3) is 0.280. The number of aliphatic hydroxyl groups is 3. The molecular weight excluding hydrogens is 521 g/mol. The molecule has 0 amide bonds. The number of nitrogens with zero attached hydrogens (tertiary/aromatic N) is 2. The molecule has 0 fully saturated rings. The maximum absolute atomic E-state index is 12.1. The minimum atomic E-state index is -3.19. The number of methoxy groups -OCH3 is 1. The van der Waals surface area contributed by atoms with Crippen LogP contribution in [0.4, 0.5) is 21.5 Å². The third-order valence-electron chi connectivity index (χ3n) is 3.54. The molecule has 0 radical (unpaired) electrons. The first-order valence-corrected chi connectivity index (χ1v) is 9.97. The van der Waals surface area contributed by atoms with Crippen LogP contribution in [0, 0.1) is 26.0 Å². The molecule has 13 nitrogen and oxygen atoms in total. The van der Waals surface area contributed by atoms with Gasteiger partial charge in [-0.1, -0.05) is 0 Å². The van der Waals surface area contributed by atoms with Crippen LogP contribution >= 0.6 is 0 Å². The number of hydrogen-bond donors (Lipinski definition) is 4. The third kappa shape index (κ3) is 17.7. The van der Waals surface area contributed by atoms with Crippen molar-refractivity contribution in [3.8, 4) is 11.5 Å². The zero-order valence-corrected chi connectivity index (χ0v) is 20.0. The first-order valence-electron chi connectivity index (χ1n) is 16.0. The summed E-state index contributed by atoms with van der Waals surface area (Å²) >= 11 is 0. The minimum absolute atomic E-state index is 0.0959. The first-order chi connectivity index (χ1) is 22.9. The van der Waals surface area contributed by atoms with Gasteiger partial charge in [-0.15, -0.1) is 0 Å². The molecular formula is C25H32FN3O10. The number of benzene rings is 3. The molecule has 3 aromatic rings. The van der Waals surface area contributed by atoms with Gasteiger partial charge in [-0.3, -0.25) is 20.2 Å². The Morgan fingerprint density at radius 3 is 1.54 bits per heavy atom. The lowest BCUT2D eigenvalue weighted by Gasteiger charge is -2.04. The number of hydrogen-bond acceptors (Lipinski definition) is 11. The summed E-state index contributed by atoms with van der Waals surface area (Å²) in [5.41, 5.74) is 5.67. The van der Waals surface area contributed by atoms with Crippen LogP contribution in [-0.4, -0.2) is 71.6 Å². The number of halogens is 1. The first kappa shape index (κ1) is 18.8. The predicted molar refractivity (Wildman–Crippen MR) is 141 cm³/mol. The highest BCUT2D eigenvalue weighted by atomic mass is 19.1. The van der Waals surface area contributed by atoms with Crippen LogP contribution in [0.2, 0.25) is 0 Å². The van der Waals surface area contributed by atoms with E-state index in [2.05, 4.69) is 9.47 Å². The highest BCUT2D eigenvalue weighted by Gasteiger charge is 2.04. The Morgan fingerprint density at radius 2 is 1.15 bits per heavy atom. The Bertz CT molecular complexity index is 1530. The Labute approximate surface area is 241 Å². The van der Waals surface area contributed by atoms with Crippen LogP contribution in [0.25, 0.3) is 0 Å². The van der Waals surface area contributed by atoms with Gasteiger partial charge in [0.25, 0.3) is 11.4 Å². The lowest BCUT2D eigenvalue weighted by molar-refractivity contribution is -0.385. The number of non-ortho nitro benzene ring substituents is 2. The summed E-state index contributed by atoms with van der Waals surface area (Å²) in [4.78, 5) is 19.1. The zero-order chi connectivity index (χ0) is 40.2. The summed E-state index contributed by atoms with van der Waals surface area (Å²) in [5, 5.41) is 45.3. The van der Waals surface area contributed by atoms with Gasteiger partial charge in [0.05, 0.1) is 52.5 Å². The van der Waals surface area contributed by atoms with Gasteiger partial charge in [0.1, 0.15) is 30.4 Å². The maximum atomic E-state index is 12.1. The van der Waals surface area contributed by atoms with Crippen LogP contribution < -0.4 is 15.2 Å². The number of rotatable bonds is 10. The smallest absolute Gasteiger partial charge is 0.269 e. The molecule has 0 unspecified atom stereocenters. The summed E-state index contributed by atoms with van der Waals surface area (Å²) in [6, 6.07) is 14.7. The Kier molecular flexibility index (Phi) is 10.5. The van der Waals surface area contributed by atoms with Crippen molar-refractivity contribution in [2.45, 2.75) is 0 Å². The van der Waals surface area contributed by atoms with Gasteiger partial charge in [-0.2, -0.15) is 0 Å². The normalized spacial score (nSPS) is 16.1. The number of nitrogen functional groups attached to an aromatic ring is 1. The molecule has 214 valence electrons. The molecule has 0 aliphatic carbocycles. The van der Waals surface area contributed by atoms with E-state index in [0.717, 1.165) is 55.6 Å². The quantitative estimate of drug-likeness (QED) is 0.160. The molecule has 3 aromatic carbocycles. The molecule has 0 saturated carbocycles. The van der Waals surface area contributed by atoms with E-state index >= 15 is 0 Å². The second-order valence-corrected chi connectivity index (χ2v) is 6.10. The van der Waals surface area contributed by atoms with Gasteiger partial charge in [-0.25, -0.2) is 4.39 Å². The van der Waals surface area contributed by atoms with Crippen LogP contribution in [0.15, 0.2) is 72.8 Å². The molecule has 5 N–H and O–H groups in total. The molecule has 0 aliphatic heterocycles. The standard InChI is InChI=1S/C9H13NO2.C8H9NO4.C6H4FNO2.C2H6O2/c1-11-6-7-12-9-4-2-8(10)3-5-9;10-5-6-13-8-3-1-7(2-4-8)9(11)12;7-5-1-3-6(4-2-5)8(9)10;3-1-2-4/h2-5H,6-7,10H2,1H3;1-4,10H,5-6H2;1-4H;3-4H,1-2H2/i6D2,7D2;5D2,6D2;;1D2,2D2. The van der Waals surface area contributed by atoms with Crippen molar-refractivity contribution in [1.82, 2.24) is 0 Å². The van der Waals surface area contributed by atoms with Gasteiger partial charge in [0.15, 0.2) is 0 Å². The molecule has 14 heteroatoms. The monoisotopic (exact) mass is 565 g/mol. The average Bonchev–Trinajstić information content (AvgIpc) is 2.98. The van der Waals surface area contributed by atoms with Crippen LogP contribution in [0.5, 0.6) is 11.5 Å². The van der Waals surface area contributed by atoms with Crippen molar-refractivity contribution in [1.29, 1.82) is 0 Å². The third-order valence-corrected chi connectivity index (χ3v) is 3.54. The van der Waals surface area contributed by atoms with Crippen molar-refractivity contribution in [2.75, 3.05) is 52.2 Å². The van der Waals surface area contributed by atoms with Crippen LogP contribution in [0.3, 0.4) is 0 Å². The van der Waals surface area contributed by atoms with E-state index in [-0.39, 0.29) is 22.9 Å². The van der Waals surface area contributed by atoms with Crippen molar-refractivity contribution >= 4 is 17.1 Å². The average molecular weight is 566 g/mol. The summed E-state index contributed by atoms with van der Waals surface area (Å²) in [6.07, 6.45) is 0. The maximum Gasteiger partial charge on any atom is 0.269 e. The van der Waals surface area contributed by atoms with E-state index in [1.807, 2.05) is 0 Å². The zero-order valence-electron chi connectivity index (χ0n) is 32.0. The number of nitrogens with two attached hydrogens (primary N) is 1.